The normalized spacial score (nSPS) is 52.3. The van der Waals surface area contributed by atoms with Crippen LogP contribution in [0.3, 0.4) is 0 Å². The number of hydrogen-bond acceptors (Lipinski definition) is 4. The molecule has 0 radical (unpaired) electrons. The molecule has 5 atom stereocenters. The van der Waals surface area contributed by atoms with Crippen LogP contribution in [-0.2, 0) is 9.53 Å². The van der Waals surface area contributed by atoms with E-state index in [0.29, 0.717) is 18.9 Å². The van der Waals surface area contributed by atoms with E-state index in [1.165, 1.54) is 0 Å². The molecular formula is C15H24O4. The molecule has 0 amide bonds. The maximum Gasteiger partial charge on any atom is 0.338 e. The fraction of sp³-hybridized carbons (Fsp3) is 0.933. The number of hydrogen-bond donors (Lipinski definition) is 2. The average molecular weight is 268 g/mol. The highest BCUT2D eigenvalue weighted by atomic mass is 16.6. The summed E-state index contributed by atoms with van der Waals surface area (Å²) >= 11 is 0. The first-order chi connectivity index (χ1) is 8.73. The summed E-state index contributed by atoms with van der Waals surface area (Å²) in [6, 6.07) is 0. The van der Waals surface area contributed by atoms with Crippen molar-refractivity contribution in [3.8, 4) is 0 Å². The van der Waals surface area contributed by atoms with E-state index in [-0.39, 0.29) is 22.9 Å². The van der Waals surface area contributed by atoms with Crippen molar-refractivity contribution in [1.29, 1.82) is 0 Å². The average Bonchev–Trinajstić information content (AvgIpc) is 2.63. The predicted molar refractivity (Wildman–Crippen MR) is 69.3 cm³/mol. The van der Waals surface area contributed by atoms with E-state index < -0.39 is 11.6 Å². The molecule has 0 unspecified atom stereocenters. The Morgan fingerprint density at radius 3 is 2.53 bits per heavy atom. The van der Waals surface area contributed by atoms with Crippen molar-refractivity contribution < 1.29 is 19.7 Å². The maximum atomic E-state index is 11.9. The van der Waals surface area contributed by atoms with Gasteiger partial charge in [0.25, 0.3) is 0 Å². The molecule has 4 heteroatoms. The molecule has 3 aliphatic rings. The lowest BCUT2D eigenvalue weighted by Crippen LogP contribution is -2.61. The maximum absolute atomic E-state index is 11.9. The number of rotatable bonds is 0. The zero-order chi connectivity index (χ0) is 14.1. The monoisotopic (exact) mass is 268 g/mol. The van der Waals surface area contributed by atoms with Gasteiger partial charge in [-0.2, -0.15) is 0 Å². The summed E-state index contributed by atoms with van der Waals surface area (Å²) in [7, 11) is 0. The van der Waals surface area contributed by atoms with Crippen molar-refractivity contribution in [1.82, 2.24) is 0 Å². The smallest absolute Gasteiger partial charge is 0.338 e. The largest absolute Gasteiger partial charge is 0.463 e. The van der Waals surface area contributed by atoms with Crippen LogP contribution in [0.1, 0.15) is 46.5 Å². The van der Waals surface area contributed by atoms with Crippen molar-refractivity contribution in [2.24, 2.45) is 22.7 Å². The number of carbonyl (C=O) groups is 1. The lowest BCUT2D eigenvalue weighted by atomic mass is 9.45. The molecule has 108 valence electrons. The molecule has 0 bridgehead atoms. The van der Waals surface area contributed by atoms with Gasteiger partial charge in [-0.1, -0.05) is 20.8 Å². The summed E-state index contributed by atoms with van der Waals surface area (Å²) < 4.78 is 5.16. The van der Waals surface area contributed by atoms with Crippen LogP contribution in [0.4, 0.5) is 0 Å². The van der Waals surface area contributed by atoms with Gasteiger partial charge in [0.2, 0.25) is 0 Å². The molecule has 2 saturated carbocycles. The minimum atomic E-state index is -1.29. The number of aliphatic hydroxyl groups is 2. The van der Waals surface area contributed by atoms with E-state index in [9.17, 15) is 15.0 Å². The van der Waals surface area contributed by atoms with E-state index in [0.717, 1.165) is 19.3 Å². The highest BCUT2D eigenvalue weighted by Crippen LogP contribution is 2.63. The molecule has 1 aliphatic heterocycles. The Kier molecular flexibility index (Phi) is 2.63. The molecule has 1 saturated heterocycles. The number of esters is 1. The molecule has 0 spiro atoms. The number of cyclic esters (lactones) is 1. The minimum Gasteiger partial charge on any atom is -0.463 e. The van der Waals surface area contributed by atoms with Gasteiger partial charge in [0.05, 0.1) is 12.7 Å². The van der Waals surface area contributed by atoms with Crippen molar-refractivity contribution in [2.75, 3.05) is 6.61 Å². The summed E-state index contributed by atoms with van der Waals surface area (Å²) in [5.74, 6) is -0.248. The fourth-order valence-corrected chi connectivity index (χ4v) is 5.14. The van der Waals surface area contributed by atoms with E-state index in [1.54, 1.807) is 0 Å². The van der Waals surface area contributed by atoms with Crippen molar-refractivity contribution in [3.63, 3.8) is 0 Å². The Hall–Kier alpha value is -0.610. The SMILES string of the molecule is CC1(C)[C@@H](O)CC[C@]2(C)[C@H]3COC(=O)[C@@]3(O)CC[C@@H]12. The van der Waals surface area contributed by atoms with Crippen LogP contribution < -0.4 is 0 Å². The fourth-order valence-electron chi connectivity index (χ4n) is 5.14. The molecule has 2 N–H and O–H groups in total. The first kappa shape index (κ1) is 13.4. The molecular weight excluding hydrogens is 244 g/mol. The van der Waals surface area contributed by atoms with Crippen LogP contribution in [0.15, 0.2) is 0 Å². The van der Waals surface area contributed by atoms with Gasteiger partial charge >= 0.3 is 5.97 Å². The number of fused-ring (bicyclic) bond motifs is 3. The van der Waals surface area contributed by atoms with E-state index in [4.69, 9.17) is 4.74 Å². The standard InChI is InChI=1S/C15H24O4/c1-13(2)9-4-7-15(18)10(8-19-12(15)17)14(9,3)6-5-11(13)16/h9-11,16,18H,4-8H2,1-3H3/t9-,10+,11-,14-,15+/m0/s1. The molecule has 0 aromatic rings. The minimum absolute atomic E-state index is 0.123. The Labute approximate surface area is 114 Å². The zero-order valence-electron chi connectivity index (χ0n) is 12.0. The van der Waals surface area contributed by atoms with E-state index in [2.05, 4.69) is 20.8 Å². The molecule has 3 rings (SSSR count). The first-order valence-corrected chi connectivity index (χ1v) is 7.30. The highest BCUT2D eigenvalue weighted by Gasteiger charge is 2.66. The Morgan fingerprint density at radius 1 is 1.16 bits per heavy atom. The topological polar surface area (TPSA) is 66.8 Å². The lowest BCUT2D eigenvalue weighted by Gasteiger charge is -2.59. The Balaban J connectivity index is 2.01. The van der Waals surface area contributed by atoms with Crippen LogP contribution in [0.2, 0.25) is 0 Å². The van der Waals surface area contributed by atoms with Crippen LogP contribution >= 0.6 is 0 Å². The third kappa shape index (κ3) is 1.50. The second kappa shape index (κ2) is 3.73. The first-order valence-electron chi connectivity index (χ1n) is 7.30. The van der Waals surface area contributed by atoms with Gasteiger partial charge in [0.15, 0.2) is 5.60 Å². The molecule has 4 nitrogen and oxygen atoms in total. The highest BCUT2D eigenvalue weighted by molar-refractivity contribution is 5.82. The zero-order valence-corrected chi connectivity index (χ0v) is 12.0. The molecule has 2 aliphatic carbocycles. The Morgan fingerprint density at radius 2 is 1.84 bits per heavy atom. The summed E-state index contributed by atoms with van der Waals surface area (Å²) in [5, 5.41) is 21.0. The molecule has 0 aromatic carbocycles. The van der Waals surface area contributed by atoms with Gasteiger partial charge in [0, 0.05) is 5.92 Å². The van der Waals surface area contributed by atoms with Crippen molar-refractivity contribution >= 4 is 5.97 Å². The van der Waals surface area contributed by atoms with Crippen LogP contribution in [0.5, 0.6) is 0 Å². The van der Waals surface area contributed by atoms with E-state index in [1.807, 2.05) is 0 Å². The summed E-state index contributed by atoms with van der Waals surface area (Å²) in [4.78, 5) is 11.9. The third-order valence-electron chi connectivity index (χ3n) is 6.43. The Bertz CT molecular complexity index is 418. The van der Waals surface area contributed by atoms with Crippen LogP contribution in [0, 0.1) is 22.7 Å². The van der Waals surface area contributed by atoms with Crippen LogP contribution in [0.25, 0.3) is 0 Å². The van der Waals surface area contributed by atoms with Crippen molar-refractivity contribution in [2.45, 2.75) is 58.2 Å². The number of ether oxygens (including phenoxy) is 1. The second-order valence-electron chi connectivity index (χ2n) is 7.55. The second-order valence-corrected chi connectivity index (χ2v) is 7.55. The van der Waals surface area contributed by atoms with Crippen molar-refractivity contribution in [3.05, 3.63) is 0 Å². The van der Waals surface area contributed by atoms with Gasteiger partial charge in [-0.25, -0.2) is 4.79 Å². The molecule has 3 fully saturated rings. The van der Waals surface area contributed by atoms with E-state index >= 15 is 0 Å². The summed E-state index contributed by atoms with van der Waals surface area (Å²) in [5.41, 5.74) is -1.58. The van der Waals surface area contributed by atoms with Gasteiger partial charge < -0.3 is 14.9 Å². The number of aliphatic hydroxyl groups excluding tert-OH is 1. The van der Waals surface area contributed by atoms with Crippen LogP contribution in [-0.4, -0.2) is 34.5 Å². The van der Waals surface area contributed by atoms with Gasteiger partial charge in [0.1, 0.15) is 0 Å². The third-order valence-corrected chi connectivity index (χ3v) is 6.43. The number of carbonyl (C=O) groups excluding carboxylic acids is 1. The van der Waals surface area contributed by atoms with Gasteiger partial charge in [-0.3, -0.25) is 0 Å². The molecule has 1 heterocycles. The molecule has 0 aromatic heterocycles. The molecule has 19 heavy (non-hydrogen) atoms. The summed E-state index contributed by atoms with van der Waals surface area (Å²) in [6.45, 7) is 6.72. The quantitative estimate of drug-likeness (QED) is 0.653. The van der Waals surface area contributed by atoms with Gasteiger partial charge in [-0.15, -0.1) is 0 Å². The predicted octanol–water partition coefficient (Wildman–Crippen LogP) is 1.49. The van der Waals surface area contributed by atoms with Gasteiger partial charge in [-0.05, 0) is 42.4 Å². The summed E-state index contributed by atoms with van der Waals surface area (Å²) in [6.07, 6.45) is 2.54. The lowest BCUT2D eigenvalue weighted by molar-refractivity contribution is -0.189.